The van der Waals surface area contributed by atoms with Crippen molar-refractivity contribution in [2.24, 2.45) is 0 Å². The van der Waals surface area contributed by atoms with Crippen LogP contribution in [0.1, 0.15) is 28.4 Å². The SMILES string of the molecule is Brc1cccc(Cc2nnc(CNC3CC3)s2)c1. The second-order valence-corrected chi connectivity index (χ2v) is 6.61. The van der Waals surface area contributed by atoms with Crippen LogP contribution in [0, 0.1) is 0 Å². The fraction of sp³-hybridized carbons (Fsp3) is 0.385. The molecule has 1 aliphatic carbocycles. The fourth-order valence-electron chi connectivity index (χ4n) is 1.77. The summed E-state index contributed by atoms with van der Waals surface area (Å²) in [5.74, 6) is 0. The minimum absolute atomic E-state index is 0.724. The van der Waals surface area contributed by atoms with Gasteiger partial charge >= 0.3 is 0 Å². The third kappa shape index (κ3) is 3.37. The molecule has 0 bridgehead atoms. The van der Waals surface area contributed by atoms with Crippen LogP contribution in [0.5, 0.6) is 0 Å². The molecule has 2 aromatic rings. The molecule has 0 spiro atoms. The first-order valence-electron chi connectivity index (χ1n) is 6.09. The summed E-state index contributed by atoms with van der Waals surface area (Å²) in [4.78, 5) is 0. The molecule has 1 aromatic carbocycles. The number of halogens is 1. The summed E-state index contributed by atoms with van der Waals surface area (Å²) >= 11 is 5.19. The van der Waals surface area contributed by atoms with Crippen molar-refractivity contribution in [1.29, 1.82) is 0 Å². The zero-order chi connectivity index (χ0) is 12.4. The second-order valence-electron chi connectivity index (χ2n) is 4.55. The second kappa shape index (κ2) is 5.47. The maximum Gasteiger partial charge on any atom is 0.131 e. The average molecular weight is 324 g/mol. The lowest BCUT2D eigenvalue weighted by Gasteiger charge is -1.98. The first-order chi connectivity index (χ1) is 8.79. The zero-order valence-corrected chi connectivity index (χ0v) is 12.3. The van der Waals surface area contributed by atoms with E-state index in [1.807, 2.05) is 6.07 Å². The lowest BCUT2D eigenvalue weighted by atomic mass is 10.2. The van der Waals surface area contributed by atoms with Gasteiger partial charge in [0.1, 0.15) is 10.0 Å². The third-order valence-electron chi connectivity index (χ3n) is 2.87. The normalized spacial score (nSPS) is 14.9. The molecule has 0 aliphatic heterocycles. The molecular formula is C13H14BrN3S. The van der Waals surface area contributed by atoms with E-state index < -0.39 is 0 Å². The Balaban J connectivity index is 1.61. The third-order valence-corrected chi connectivity index (χ3v) is 4.29. The highest BCUT2D eigenvalue weighted by Crippen LogP contribution is 2.21. The van der Waals surface area contributed by atoms with Crippen LogP contribution >= 0.6 is 27.3 Å². The number of aromatic nitrogens is 2. The lowest BCUT2D eigenvalue weighted by molar-refractivity contribution is 0.678. The molecule has 0 unspecified atom stereocenters. The quantitative estimate of drug-likeness (QED) is 0.918. The van der Waals surface area contributed by atoms with Crippen molar-refractivity contribution in [2.75, 3.05) is 0 Å². The van der Waals surface area contributed by atoms with Gasteiger partial charge in [-0.05, 0) is 30.5 Å². The summed E-state index contributed by atoms with van der Waals surface area (Å²) in [7, 11) is 0. The molecule has 5 heteroatoms. The van der Waals surface area contributed by atoms with Crippen LogP contribution in [0.2, 0.25) is 0 Å². The summed E-state index contributed by atoms with van der Waals surface area (Å²) < 4.78 is 1.11. The number of hydrogen-bond donors (Lipinski definition) is 1. The van der Waals surface area contributed by atoms with Gasteiger partial charge in [0.05, 0.1) is 0 Å². The predicted octanol–water partition coefficient (Wildman–Crippen LogP) is 3.14. The van der Waals surface area contributed by atoms with Crippen LogP contribution in [-0.2, 0) is 13.0 Å². The van der Waals surface area contributed by atoms with Crippen LogP contribution in [0.3, 0.4) is 0 Å². The molecule has 0 amide bonds. The molecule has 18 heavy (non-hydrogen) atoms. The molecule has 3 rings (SSSR count). The van der Waals surface area contributed by atoms with Gasteiger partial charge in [0.15, 0.2) is 0 Å². The molecule has 1 N–H and O–H groups in total. The summed E-state index contributed by atoms with van der Waals surface area (Å²) in [5.41, 5.74) is 1.27. The van der Waals surface area contributed by atoms with E-state index in [4.69, 9.17) is 0 Å². The number of nitrogens with one attached hydrogen (secondary N) is 1. The largest absolute Gasteiger partial charge is 0.308 e. The van der Waals surface area contributed by atoms with E-state index in [9.17, 15) is 0 Å². The van der Waals surface area contributed by atoms with Crippen LogP contribution in [0.15, 0.2) is 28.7 Å². The Labute approximate surface area is 119 Å². The highest BCUT2D eigenvalue weighted by Gasteiger charge is 2.20. The van der Waals surface area contributed by atoms with Crippen LogP contribution < -0.4 is 5.32 Å². The van der Waals surface area contributed by atoms with Gasteiger partial charge in [0.25, 0.3) is 0 Å². The molecule has 0 atom stereocenters. The highest BCUT2D eigenvalue weighted by atomic mass is 79.9. The monoisotopic (exact) mass is 323 g/mol. The molecule has 1 fully saturated rings. The van der Waals surface area contributed by atoms with Crippen molar-refractivity contribution in [2.45, 2.75) is 31.8 Å². The Morgan fingerprint density at radius 3 is 2.89 bits per heavy atom. The zero-order valence-electron chi connectivity index (χ0n) is 9.90. The number of hydrogen-bond acceptors (Lipinski definition) is 4. The molecule has 1 aromatic heterocycles. The summed E-state index contributed by atoms with van der Waals surface area (Å²) in [6.07, 6.45) is 3.48. The first-order valence-corrected chi connectivity index (χ1v) is 7.69. The van der Waals surface area contributed by atoms with Gasteiger partial charge < -0.3 is 5.32 Å². The van der Waals surface area contributed by atoms with E-state index in [-0.39, 0.29) is 0 Å². The summed E-state index contributed by atoms with van der Waals surface area (Å²) in [5, 5.41) is 14.1. The molecule has 0 saturated heterocycles. The van der Waals surface area contributed by atoms with Gasteiger partial charge in [0, 0.05) is 23.5 Å². The van der Waals surface area contributed by atoms with Crippen molar-refractivity contribution in [1.82, 2.24) is 15.5 Å². The Bertz CT molecular complexity index is 537. The Hall–Kier alpha value is -0.780. The van der Waals surface area contributed by atoms with E-state index in [0.29, 0.717) is 0 Å². The van der Waals surface area contributed by atoms with Gasteiger partial charge in [-0.2, -0.15) is 0 Å². The van der Waals surface area contributed by atoms with Crippen molar-refractivity contribution in [3.8, 4) is 0 Å². The Morgan fingerprint density at radius 2 is 2.11 bits per heavy atom. The first kappa shape index (κ1) is 12.3. The molecule has 1 aliphatic rings. The highest BCUT2D eigenvalue weighted by molar-refractivity contribution is 9.10. The maximum absolute atomic E-state index is 4.25. The van der Waals surface area contributed by atoms with Gasteiger partial charge in [-0.15, -0.1) is 10.2 Å². The van der Waals surface area contributed by atoms with Crippen molar-refractivity contribution < 1.29 is 0 Å². The topological polar surface area (TPSA) is 37.8 Å². The van der Waals surface area contributed by atoms with Crippen molar-refractivity contribution in [3.63, 3.8) is 0 Å². The summed E-state index contributed by atoms with van der Waals surface area (Å²) in [6, 6.07) is 9.06. The van der Waals surface area contributed by atoms with E-state index in [1.165, 1.54) is 18.4 Å². The van der Waals surface area contributed by atoms with Crippen LogP contribution in [0.4, 0.5) is 0 Å². The van der Waals surface area contributed by atoms with E-state index in [2.05, 4.69) is 49.6 Å². The van der Waals surface area contributed by atoms with Crippen LogP contribution in [-0.4, -0.2) is 16.2 Å². The Kier molecular flexibility index (Phi) is 3.72. The van der Waals surface area contributed by atoms with Gasteiger partial charge in [-0.25, -0.2) is 0 Å². The van der Waals surface area contributed by atoms with Gasteiger partial charge in [0.2, 0.25) is 0 Å². The van der Waals surface area contributed by atoms with E-state index in [0.717, 1.165) is 33.5 Å². The van der Waals surface area contributed by atoms with Crippen LogP contribution in [0.25, 0.3) is 0 Å². The molecule has 1 heterocycles. The fourth-order valence-corrected chi connectivity index (χ4v) is 3.05. The number of nitrogens with zero attached hydrogens (tertiary/aromatic N) is 2. The minimum atomic E-state index is 0.724. The average Bonchev–Trinajstić information content (AvgIpc) is 3.08. The smallest absolute Gasteiger partial charge is 0.131 e. The number of rotatable bonds is 5. The molecule has 0 radical (unpaired) electrons. The molecule has 1 saturated carbocycles. The van der Waals surface area contributed by atoms with E-state index >= 15 is 0 Å². The standard InChI is InChI=1S/C13H14BrN3S/c14-10-3-1-2-9(6-10)7-12-16-17-13(18-12)8-15-11-4-5-11/h1-3,6,11,15H,4-5,7-8H2. The van der Waals surface area contributed by atoms with E-state index in [1.54, 1.807) is 11.3 Å². The van der Waals surface area contributed by atoms with Crippen molar-refractivity contribution in [3.05, 3.63) is 44.3 Å². The lowest BCUT2D eigenvalue weighted by Crippen LogP contribution is -2.14. The Morgan fingerprint density at radius 1 is 1.28 bits per heavy atom. The minimum Gasteiger partial charge on any atom is -0.308 e. The van der Waals surface area contributed by atoms with Gasteiger partial charge in [-0.3, -0.25) is 0 Å². The van der Waals surface area contributed by atoms with Gasteiger partial charge in [-0.1, -0.05) is 39.4 Å². The predicted molar refractivity (Wildman–Crippen MR) is 76.7 cm³/mol. The summed E-state index contributed by atoms with van der Waals surface area (Å²) in [6.45, 7) is 0.862. The number of benzene rings is 1. The molecular weight excluding hydrogens is 310 g/mol. The van der Waals surface area contributed by atoms with Crippen molar-refractivity contribution >= 4 is 27.3 Å². The molecule has 94 valence electrons. The maximum atomic E-state index is 4.25. The molecule has 3 nitrogen and oxygen atoms in total.